The Morgan fingerprint density at radius 2 is 1.44 bits per heavy atom. The van der Waals surface area contributed by atoms with Gasteiger partial charge in [0.1, 0.15) is 0 Å². The summed E-state index contributed by atoms with van der Waals surface area (Å²) >= 11 is 6.33. The van der Waals surface area contributed by atoms with Gasteiger partial charge in [0.05, 0.1) is 10.7 Å². The number of nitrogen functional groups attached to an aromatic ring is 1. The number of nitrogens with two attached hydrogens (primary N) is 1. The zero-order valence-corrected chi connectivity index (χ0v) is 10.3. The summed E-state index contributed by atoms with van der Waals surface area (Å²) in [6, 6.07) is 16.7. The first kappa shape index (κ1) is 9.98. The van der Waals surface area contributed by atoms with Crippen molar-refractivity contribution in [3.63, 3.8) is 0 Å². The Morgan fingerprint density at radius 3 is 2.22 bits per heavy atom. The van der Waals surface area contributed by atoms with Gasteiger partial charge in [0.15, 0.2) is 0 Å². The Labute approximate surface area is 109 Å². The molecule has 1 nitrogen and oxygen atoms in total. The van der Waals surface area contributed by atoms with E-state index in [1.807, 2.05) is 6.07 Å². The van der Waals surface area contributed by atoms with Crippen LogP contribution >= 0.6 is 11.6 Å². The third-order valence-corrected chi connectivity index (χ3v) is 4.03. The lowest BCUT2D eigenvalue weighted by Crippen LogP contribution is -1.90. The topological polar surface area (TPSA) is 26.0 Å². The van der Waals surface area contributed by atoms with Crippen molar-refractivity contribution in [3.05, 3.63) is 53.6 Å². The molecule has 0 amide bonds. The number of anilines is 1. The van der Waals surface area contributed by atoms with Crippen molar-refractivity contribution in [1.82, 2.24) is 0 Å². The molecule has 0 heterocycles. The first-order chi connectivity index (χ1) is 8.75. The second kappa shape index (κ2) is 3.27. The van der Waals surface area contributed by atoms with Gasteiger partial charge in [0.2, 0.25) is 0 Å². The van der Waals surface area contributed by atoms with Gasteiger partial charge < -0.3 is 5.73 Å². The Kier molecular flexibility index (Phi) is 1.81. The minimum Gasteiger partial charge on any atom is -0.397 e. The normalized spacial score (nSPS) is 11.8. The fraction of sp³-hybridized carbons (Fsp3) is 0. The highest BCUT2D eigenvalue weighted by Crippen LogP contribution is 2.39. The molecule has 0 fully saturated rings. The van der Waals surface area contributed by atoms with Crippen LogP contribution in [0.25, 0.3) is 32.3 Å². The van der Waals surface area contributed by atoms with Crippen molar-refractivity contribution in [2.45, 2.75) is 0 Å². The van der Waals surface area contributed by atoms with Crippen molar-refractivity contribution in [3.8, 4) is 0 Å². The molecule has 0 aliphatic carbocycles. The molecule has 4 rings (SSSR count). The Morgan fingerprint density at radius 1 is 0.778 bits per heavy atom. The third-order valence-electron chi connectivity index (χ3n) is 3.61. The fourth-order valence-corrected chi connectivity index (χ4v) is 3.01. The highest BCUT2D eigenvalue weighted by molar-refractivity contribution is 6.41. The Balaban J connectivity index is 2.46. The molecule has 4 aromatic carbocycles. The molecule has 0 radical (unpaired) electrons. The van der Waals surface area contributed by atoms with E-state index in [9.17, 15) is 0 Å². The highest BCUT2D eigenvalue weighted by Gasteiger charge is 2.11. The van der Waals surface area contributed by atoms with Crippen LogP contribution in [0.2, 0.25) is 5.02 Å². The minimum absolute atomic E-state index is 0.641. The van der Waals surface area contributed by atoms with Crippen LogP contribution in [0, 0.1) is 0 Å². The number of hydrogen-bond acceptors (Lipinski definition) is 1. The van der Waals surface area contributed by atoms with E-state index in [-0.39, 0.29) is 0 Å². The molecule has 0 aliphatic heterocycles. The maximum absolute atomic E-state index is 6.33. The van der Waals surface area contributed by atoms with Gasteiger partial charge in [-0.1, -0.05) is 54.1 Å². The maximum Gasteiger partial charge on any atom is 0.0714 e. The van der Waals surface area contributed by atoms with E-state index in [1.54, 1.807) is 0 Å². The number of hydrogen-bond donors (Lipinski definition) is 1. The van der Waals surface area contributed by atoms with Crippen LogP contribution in [-0.2, 0) is 0 Å². The molecule has 0 aromatic heterocycles. The average molecular weight is 252 g/mol. The SMILES string of the molecule is Nc1cc2ccc3cccc4ccc(c1Cl)c2c34. The Hall–Kier alpha value is -1.99. The molecule has 0 saturated heterocycles. The van der Waals surface area contributed by atoms with Crippen LogP contribution in [0.5, 0.6) is 0 Å². The summed E-state index contributed by atoms with van der Waals surface area (Å²) in [5.41, 5.74) is 6.60. The van der Waals surface area contributed by atoms with Gasteiger partial charge in [0, 0.05) is 5.39 Å². The van der Waals surface area contributed by atoms with Gasteiger partial charge in [-0.3, -0.25) is 0 Å². The molecule has 2 N–H and O–H groups in total. The van der Waals surface area contributed by atoms with Gasteiger partial charge >= 0.3 is 0 Å². The molecule has 0 aliphatic rings. The van der Waals surface area contributed by atoms with Crippen molar-refractivity contribution in [1.29, 1.82) is 0 Å². The third kappa shape index (κ3) is 1.12. The summed E-state index contributed by atoms with van der Waals surface area (Å²) in [5, 5.41) is 7.81. The summed E-state index contributed by atoms with van der Waals surface area (Å²) in [6.45, 7) is 0. The summed E-state index contributed by atoms with van der Waals surface area (Å²) in [5.74, 6) is 0. The predicted octanol–water partition coefficient (Wildman–Crippen LogP) is 4.82. The molecular formula is C16H10ClN. The fourth-order valence-electron chi connectivity index (χ4n) is 2.80. The monoisotopic (exact) mass is 251 g/mol. The summed E-state index contributed by atoms with van der Waals surface area (Å²) in [4.78, 5) is 0. The quantitative estimate of drug-likeness (QED) is 0.352. The zero-order chi connectivity index (χ0) is 12.3. The van der Waals surface area contributed by atoms with Gasteiger partial charge in [-0.2, -0.15) is 0 Å². The number of halogens is 1. The minimum atomic E-state index is 0.641. The van der Waals surface area contributed by atoms with E-state index in [0.29, 0.717) is 10.7 Å². The smallest absolute Gasteiger partial charge is 0.0714 e. The van der Waals surface area contributed by atoms with Crippen LogP contribution in [0.3, 0.4) is 0 Å². The molecule has 0 atom stereocenters. The second-order valence-electron chi connectivity index (χ2n) is 4.64. The molecule has 18 heavy (non-hydrogen) atoms. The highest BCUT2D eigenvalue weighted by atomic mass is 35.5. The lowest BCUT2D eigenvalue weighted by Gasteiger charge is -2.12. The predicted molar refractivity (Wildman–Crippen MR) is 79.6 cm³/mol. The second-order valence-corrected chi connectivity index (χ2v) is 5.01. The van der Waals surface area contributed by atoms with E-state index in [4.69, 9.17) is 17.3 Å². The van der Waals surface area contributed by atoms with Crippen LogP contribution in [0.1, 0.15) is 0 Å². The maximum atomic E-state index is 6.33. The lowest BCUT2D eigenvalue weighted by molar-refractivity contribution is 1.75. The summed E-state index contributed by atoms with van der Waals surface area (Å²) in [6.07, 6.45) is 0. The molecule has 0 unspecified atom stereocenters. The van der Waals surface area contributed by atoms with E-state index in [1.165, 1.54) is 21.5 Å². The Bertz CT molecular complexity index is 880. The van der Waals surface area contributed by atoms with Crippen LogP contribution in [0.15, 0.2) is 48.5 Å². The van der Waals surface area contributed by atoms with Crippen molar-refractivity contribution in [2.75, 3.05) is 5.73 Å². The lowest BCUT2D eigenvalue weighted by atomic mass is 9.94. The average Bonchev–Trinajstić information content (AvgIpc) is 2.40. The van der Waals surface area contributed by atoms with Crippen LogP contribution < -0.4 is 5.73 Å². The molecule has 86 valence electrons. The van der Waals surface area contributed by atoms with E-state index in [2.05, 4.69) is 42.5 Å². The van der Waals surface area contributed by atoms with Crippen LogP contribution in [-0.4, -0.2) is 0 Å². The van der Waals surface area contributed by atoms with E-state index >= 15 is 0 Å². The van der Waals surface area contributed by atoms with Gasteiger partial charge in [-0.25, -0.2) is 0 Å². The molecule has 0 spiro atoms. The van der Waals surface area contributed by atoms with Gasteiger partial charge in [-0.05, 0) is 33.0 Å². The molecule has 0 saturated carbocycles. The first-order valence-electron chi connectivity index (χ1n) is 5.87. The summed E-state index contributed by atoms with van der Waals surface area (Å²) in [7, 11) is 0. The van der Waals surface area contributed by atoms with Crippen LogP contribution in [0.4, 0.5) is 5.69 Å². The molecule has 4 aromatic rings. The van der Waals surface area contributed by atoms with Gasteiger partial charge in [0.25, 0.3) is 0 Å². The molecular weight excluding hydrogens is 242 g/mol. The van der Waals surface area contributed by atoms with E-state index in [0.717, 1.165) is 10.8 Å². The number of benzene rings is 4. The molecule has 2 heteroatoms. The van der Waals surface area contributed by atoms with Crippen molar-refractivity contribution < 1.29 is 0 Å². The zero-order valence-electron chi connectivity index (χ0n) is 9.57. The summed E-state index contributed by atoms with van der Waals surface area (Å²) < 4.78 is 0. The van der Waals surface area contributed by atoms with Gasteiger partial charge in [-0.15, -0.1) is 0 Å². The number of rotatable bonds is 0. The largest absolute Gasteiger partial charge is 0.397 e. The molecule has 0 bridgehead atoms. The standard InChI is InChI=1S/C16H10ClN/c17-16-12-7-6-10-3-1-2-9-4-5-11(8-13(16)18)15(12)14(9)10/h1-8H,18H2. The first-order valence-corrected chi connectivity index (χ1v) is 6.25. The van der Waals surface area contributed by atoms with Crippen molar-refractivity contribution >= 4 is 49.6 Å². The van der Waals surface area contributed by atoms with E-state index < -0.39 is 0 Å². The van der Waals surface area contributed by atoms with Crippen molar-refractivity contribution in [2.24, 2.45) is 0 Å².